The Morgan fingerprint density at radius 1 is 0.314 bits per heavy atom. The molecule has 0 aromatic heterocycles. The standard InChI is InChI=1S/C51H34/c1-31-18-20-36-29-37-28-34(21-24-39(37)50(45(36)26-31)44-15-9-11-33-10-3-4-12-38(33)44)35-22-25-43-42-23-19-32(2)27-48(42)51(49(43)30-35)46-16-7-5-13-40(46)41-14-6-8-17-47(41)51/h3-30H,1-2H3. The highest BCUT2D eigenvalue weighted by atomic mass is 14.5. The summed E-state index contributed by atoms with van der Waals surface area (Å²) in [6.45, 7) is 4.42. The summed E-state index contributed by atoms with van der Waals surface area (Å²) in [5.41, 5.74) is 18.2. The summed E-state index contributed by atoms with van der Waals surface area (Å²) in [6, 6.07) is 64.3. The molecule has 51 heavy (non-hydrogen) atoms. The van der Waals surface area contributed by atoms with Gasteiger partial charge in [0.2, 0.25) is 0 Å². The molecule has 0 atom stereocenters. The molecule has 9 aromatic carbocycles. The third-order valence-electron chi connectivity index (χ3n) is 11.7. The maximum atomic E-state index is 2.50. The molecule has 11 rings (SSSR count). The zero-order chi connectivity index (χ0) is 33.8. The summed E-state index contributed by atoms with van der Waals surface area (Å²) in [5, 5.41) is 7.67. The Bertz CT molecular complexity index is 2890. The molecule has 1 spiro atoms. The highest BCUT2D eigenvalue weighted by molar-refractivity contribution is 6.17. The molecule has 0 aliphatic heterocycles. The fourth-order valence-electron chi connectivity index (χ4n) is 9.58. The van der Waals surface area contributed by atoms with Gasteiger partial charge in [0.15, 0.2) is 0 Å². The van der Waals surface area contributed by atoms with Crippen molar-refractivity contribution < 1.29 is 0 Å². The second-order valence-electron chi connectivity index (χ2n) is 14.6. The second kappa shape index (κ2) is 10.4. The van der Waals surface area contributed by atoms with E-state index in [1.54, 1.807) is 0 Å². The molecule has 0 heteroatoms. The van der Waals surface area contributed by atoms with Gasteiger partial charge in [0, 0.05) is 0 Å². The van der Waals surface area contributed by atoms with E-state index in [1.807, 2.05) is 0 Å². The van der Waals surface area contributed by atoms with E-state index < -0.39 is 0 Å². The predicted octanol–water partition coefficient (Wildman–Crippen LogP) is 13.4. The highest BCUT2D eigenvalue weighted by Gasteiger charge is 2.51. The molecular weight excluding hydrogens is 613 g/mol. The lowest BCUT2D eigenvalue weighted by molar-refractivity contribution is 0.793. The van der Waals surface area contributed by atoms with Gasteiger partial charge in [-0.2, -0.15) is 0 Å². The van der Waals surface area contributed by atoms with Crippen LogP contribution in [0.4, 0.5) is 0 Å². The van der Waals surface area contributed by atoms with Crippen LogP contribution in [0.1, 0.15) is 33.4 Å². The number of benzene rings is 9. The lowest BCUT2D eigenvalue weighted by Crippen LogP contribution is -2.26. The first-order chi connectivity index (χ1) is 25.1. The lowest BCUT2D eigenvalue weighted by Gasteiger charge is -2.31. The van der Waals surface area contributed by atoms with E-state index in [9.17, 15) is 0 Å². The number of hydrogen-bond acceptors (Lipinski definition) is 0. The summed E-state index contributed by atoms with van der Waals surface area (Å²) in [5.74, 6) is 0. The van der Waals surface area contributed by atoms with Crippen LogP contribution in [0.3, 0.4) is 0 Å². The van der Waals surface area contributed by atoms with Gasteiger partial charge >= 0.3 is 0 Å². The Kier molecular flexibility index (Phi) is 5.82. The number of fused-ring (bicyclic) bond motifs is 13. The number of rotatable bonds is 2. The van der Waals surface area contributed by atoms with Crippen molar-refractivity contribution in [3.05, 3.63) is 203 Å². The van der Waals surface area contributed by atoms with Gasteiger partial charge in [-0.3, -0.25) is 0 Å². The molecule has 0 heterocycles. The third-order valence-corrected chi connectivity index (χ3v) is 11.7. The fraction of sp³-hybridized carbons (Fsp3) is 0.0588. The van der Waals surface area contributed by atoms with Crippen LogP contribution < -0.4 is 0 Å². The van der Waals surface area contributed by atoms with Crippen LogP contribution in [0.2, 0.25) is 0 Å². The maximum absolute atomic E-state index is 2.50. The normalized spacial score (nSPS) is 13.5. The molecule has 0 unspecified atom stereocenters. The van der Waals surface area contributed by atoms with Gasteiger partial charge in [0.25, 0.3) is 0 Å². The van der Waals surface area contributed by atoms with Crippen LogP contribution in [0.25, 0.3) is 76.8 Å². The van der Waals surface area contributed by atoms with Crippen LogP contribution in [-0.4, -0.2) is 0 Å². The van der Waals surface area contributed by atoms with E-state index in [-0.39, 0.29) is 5.41 Å². The predicted molar refractivity (Wildman–Crippen MR) is 216 cm³/mol. The topological polar surface area (TPSA) is 0 Å². The smallest absolute Gasteiger partial charge is 0.0619 e. The molecule has 0 radical (unpaired) electrons. The Morgan fingerprint density at radius 2 is 0.902 bits per heavy atom. The molecule has 0 saturated heterocycles. The van der Waals surface area contributed by atoms with E-state index >= 15 is 0 Å². The summed E-state index contributed by atoms with van der Waals surface area (Å²) in [4.78, 5) is 0. The largest absolute Gasteiger partial charge is 0.0725 e. The average Bonchev–Trinajstić information content (AvgIpc) is 3.63. The zero-order valence-electron chi connectivity index (χ0n) is 28.7. The van der Waals surface area contributed by atoms with Gasteiger partial charge in [0.1, 0.15) is 0 Å². The molecule has 0 N–H and O–H groups in total. The highest BCUT2D eigenvalue weighted by Crippen LogP contribution is 2.63. The van der Waals surface area contributed by atoms with Crippen molar-refractivity contribution >= 4 is 32.3 Å². The van der Waals surface area contributed by atoms with Gasteiger partial charge in [-0.25, -0.2) is 0 Å². The van der Waals surface area contributed by atoms with Gasteiger partial charge in [-0.15, -0.1) is 0 Å². The quantitative estimate of drug-likeness (QED) is 0.164. The molecule has 2 aliphatic rings. The molecule has 0 amide bonds. The van der Waals surface area contributed by atoms with Gasteiger partial charge < -0.3 is 0 Å². The van der Waals surface area contributed by atoms with Crippen molar-refractivity contribution in [1.29, 1.82) is 0 Å². The molecule has 0 fully saturated rings. The number of hydrogen-bond donors (Lipinski definition) is 0. The van der Waals surface area contributed by atoms with Gasteiger partial charge in [-0.05, 0) is 131 Å². The van der Waals surface area contributed by atoms with Crippen molar-refractivity contribution in [2.75, 3.05) is 0 Å². The molecule has 0 bridgehead atoms. The van der Waals surface area contributed by atoms with E-state index in [2.05, 4.69) is 184 Å². The van der Waals surface area contributed by atoms with Crippen molar-refractivity contribution in [2.24, 2.45) is 0 Å². The average molecular weight is 647 g/mol. The van der Waals surface area contributed by atoms with Crippen molar-refractivity contribution in [2.45, 2.75) is 19.3 Å². The van der Waals surface area contributed by atoms with Crippen LogP contribution in [0.5, 0.6) is 0 Å². The van der Waals surface area contributed by atoms with E-state index in [4.69, 9.17) is 0 Å². The molecular formula is C51H34. The fourth-order valence-corrected chi connectivity index (χ4v) is 9.58. The van der Waals surface area contributed by atoms with E-state index in [0.29, 0.717) is 0 Å². The SMILES string of the molecule is Cc1ccc2c(c1)C1(c3ccccc3-c3ccccc31)c1cc(-c3ccc4c(-c5cccc6ccccc56)c5cc(C)ccc5cc4c3)ccc1-2. The zero-order valence-corrected chi connectivity index (χ0v) is 28.7. The molecule has 9 aromatic rings. The van der Waals surface area contributed by atoms with Gasteiger partial charge in [-0.1, -0.05) is 163 Å². The van der Waals surface area contributed by atoms with Crippen molar-refractivity contribution in [1.82, 2.24) is 0 Å². The number of aryl methyl sites for hydroxylation is 2. The first-order valence-corrected chi connectivity index (χ1v) is 18.0. The molecule has 2 aliphatic carbocycles. The van der Waals surface area contributed by atoms with E-state index in [1.165, 1.54) is 110 Å². The van der Waals surface area contributed by atoms with Crippen molar-refractivity contribution in [3.63, 3.8) is 0 Å². The summed E-state index contributed by atoms with van der Waals surface area (Å²) >= 11 is 0. The molecule has 0 nitrogen and oxygen atoms in total. The summed E-state index contributed by atoms with van der Waals surface area (Å²) in [6.07, 6.45) is 0. The molecule has 0 saturated carbocycles. The Hall–Kier alpha value is -6.24. The van der Waals surface area contributed by atoms with Crippen LogP contribution in [0.15, 0.2) is 170 Å². The maximum Gasteiger partial charge on any atom is 0.0725 e. The van der Waals surface area contributed by atoms with Crippen molar-refractivity contribution in [3.8, 4) is 44.5 Å². The van der Waals surface area contributed by atoms with Crippen LogP contribution >= 0.6 is 0 Å². The lowest BCUT2D eigenvalue weighted by atomic mass is 9.70. The van der Waals surface area contributed by atoms with Crippen LogP contribution in [-0.2, 0) is 5.41 Å². The third kappa shape index (κ3) is 3.85. The second-order valence-corrected chi connectivity index (χ2v) is 14.6. The van der Waals surface area contributed by atoms with Gasteiger partial charge in [0.05, 0.1) is 5.41 Å². The first-order valence-electron chi connectivity index (χ1n) is 18.0. The monoisotopic (exact) mass is 646 g/mol. The summed E-state index contributed by atoms with van der Waals surface area (Å²) < 4.78 is 0. The minimum atomic E-state index is -0.355. The summed E-state index contributed by atoms with van der Waals surface area (Å²) in [7, 11) is 0. The Labute approximate surface area is 298 Å². The Morgan fingerprint density at radius 3 is 1.73 bits per heavy atom. The minimum absolute atomic E-state index is 0.355. The molecule has 238 valence electrons. The minimum Gasteiger partial charge on any atom is -0.0619 e. The van der Waals surface area contributed by atoms with E-state index in [0.717, 1.165) is 0 Å². The first kappa shape index (κ1) is 28.6. The Balaban J connectivity index is 1.17. The van der Waals surface area contributed by atoms with Crippen LogP contribution in [0, 0.1) is 13.8 Å².